The second-order valence-electron chi connectivity index (χ2n) is 7.24. The molecule has 2 heterocycles. The number of allylic oxidation sites excluding steroid dienone is 3. The number of hydrogen-bond acceptors (Lipinski definition) is 2. The first-order chi connectivity index (χ1) is 10.3. The van der Waals surface area contributed by atoms with E-state index in [4.69, 9.17) is 0 Å². The van der Waals surface area contributed by atoms with Crippen LogP contribution in [0.4, 0.5) is 0 Å². The Bertz CT molecular complexity index is 378. The third-order valence-corrected chi connectivity index (χ3v) is 6.24. The van der Waals surface area contributed by atoms with Crippen LogP contribution in [-0.2, 0) is 0 Å². The second-order valence-corrected chi connectivity index (χ2v) is 7.24. The molecule has 1 N–H and O–H groups in total. The fourth-order valence-corrected chi connectivity index (χ4v) is 5.42. The van der Waals surface area contributed by atoms with Gasteiger partial charge in [0, 0.05) is 24.7 Å². The third-order valence-electron chi connectivity index (χ3n) is 6.24. The minimum absolute atomic E-state index is 0.358. The SMILES string of the molecule is C=C/C=C\CC1CCCC2C1CCC1CCC(CCO)N12. The summed E-state index contributed by atoms with van der Waals surface area (Å²) in [6.07, 6.45) is 18.3. The Labute approximate surface area is 129 Å². The van der Waals surface area contributed by atoms with Crippen LogP contribution in [0, 0.1) is 11.8 Å². The molecule has 0 aromatic heterocycles. The quantitative estimate of drug-likeness (QED) is 0.776. The number of aliphatic hydroxyl groups excluding tert-OH is 1. The van der Waals surface area contributed by atoms with Crippen LogP contribution >= 0.6 is 0 Å². The van der Waals surface area contributed by atoms with E-state index < -0.39 is 0 Å². The van der Waals surface area contributed by atoms with E-state index in [1.54, 1.807) is 0 Å². The zero-order valence-electron chi connectivity index (χ0n) is 13.3. The zero-order valence-corrected chi connectivity index (χ0v) is 13.3. The van der Waals surface area contributed by atoms with Crippen molar-refractivity contribution in [2.75, 3.05) is 6.61 Å². The third kappa shape index (κ3) is 3.12. The summed E-state index contributed by atoms with van der Waals surface area (Å²) in [6, 6.07) is 2.29. The number of hydrogen-bond donors (Lipinski definition) is 1. The number of nitrogens with zero attached hydrogens (tertiary/aromatic N) is 1. The van der Waals surface area contributed by atoms with Crippen molar-refractivity contribution in [3.05, 3.63) is 24.8 Å². The molecule has 0 bridgehead atoms. The highest BCUT2D eigenvalue weighted by molar-refractivity contribution is 5.04. The van der Waals surface area contributed by atoms with Crippen molar-refractivity contribution in [1.82, 2.24) is 4.90 Å². The van der Waals surface area contributed by atoms with Crippen molar-refractivity contribution in [1.29, 1.82) is 0 Å². The van der Waals surface area contributed by atoms with Gasteiger partial charge in [0.05, 0.1) is 0 Å². The summed E-state index contributed by atoms with van der Waals surface area (Å²) in [6.45, 7) is 4.14. The Morgan fingerprint density at radius 3 is 2.76 bits per heavy atom. The fraction of sp³-hybridized carbons (Fsp3) is 0.789. The molecule has 2 heteroatoms. The van der Waals surface area contributed by atoms with E-state index in [1.807, 2.05) is 6.08 Å². The zero-order chi connectivity index (χ0) is 14.7. The van der Waals surface area contributed by atoms with Gasteiger partial charge in [-0.05, 0) is 63.2 Å². The summed E-state index contributed by atoms with van der Waals surface area (Å²) in [5.41, 5.74) is 0. The highest BCUT2D eigenvalue weighted by Gasteiger charge is 2.46. The molecule has 5 atom stereocenters. The first kappa shape index (κ1) is 15.3. The molecule has 1 saturated carbocycles. The Morgan fingerprint density at radius 1 is 1.10 bits per heavy atom. The van der Waals surface area contributed by atoms with E-state index >= 15 is 0 Å². The molecule has 5 unspecified atom stereocenters. The lowest BCUT2D eigenvalue weighted by molar-refractivity contribution is -0.0166. The minimum Gasteiger partial charge on any atom is -0.396 e. The van der Waals surface area contributed by atoms with Gasteiger partial charge in [-0.3, -0.25) is 4.90 Å². The maximum absolute atomic E-state index is 9.36. The van der Waals surface area contributed by atoms with Gasteiger partial charge in [0.1, 0.15) is 0 Å². The van der Waals surface area contributed by atoms with E-state index in [9.17, 15) is 5.11 Å². The highest BCUT2D eigenvalue weighted by Crippen LogP contribution is 2.47. The number of rotatable bonds is 5. The monoisotopic (exact) mass is 289 g/mol. The molecule has 0 radical (unpaired) electrons. The van der Waals surface area contributed by atoms with Crippen LogP contribution in [-0.4, -0.2) is 34.7 Å². The Hall–Kier alpha value is -0.600. The lowest BCUT2D eigenvalue weighted by atomic mass is 9.69. The summed E-state index contributed by atoms with van der Waals surface area (Å²) in [5.74, 6) is 1.76. The average Bonchev–Trinajstić information content (AvgIpc) is 2.92. The van der Waals surface area contributed by atoms with Gasteiger partial charge in [-0.1, -0.05) is 31.2 Å². The second kappa shape index (κ2) is 7.11. The normalized spacial score (nSPS) is 40.1. The standard InChI is InChI=1S/C19H31NO/c1-2-3-4-6-15-7-5-8-19-18(15)12-11-16-9-10-17(13-14-21)20(16)19/h2-4,15-19,21H,1,5-14H2/b4-3-. The Kier molecular flexibility index (Phi) is 5.18. The van der Waals surface area contributed by atoms with Crippen molar-refractivity contribution in [3.63, 3.8) is 0 Å². The van der Waals surface area contributed by atoms with Gasteiger partial charge in [0.2, 0.25) is 0 Å². The molecule has 2 nitrogen and oxygen atoms in total. The molecule has 1 aliphatic carbocycles. The summed E-state index contributed by atoms with van der Waals surface area (Å²) >= 11 is 0. The van der Waals surface area contributed by atoms with Gasteiger partial charge in [0.25, 0.3) is 0 Å². The number of fused-ring (bicyclic) bond motifs is 3. The van der Waals surface area contributed by atoms with Gasteiger partial charge < -0.3 is 5.11 Å². The van der Waals surface area contributed by atoms with Crippen molar-refractivity contribution >= 4 is 0 Å². The average molecular weight is 289 g/mol. The summed E-state index contributed by atoms with van der Waals surface area (Å²) in [4.78, 5) is 2.85. The van der Waals surface area contributed by atoms with Crippen LogP contribution < -0.4 is 0 Å². The van der Waals surface area contributed by atoms with Gasteiger partial charge in [-0.25, -0.2) is 0 Å². The number of aliphatic hydroxyl groups is 1. The van der Waals surface area contributed by atoms with E-state index in [0.29, 0.717) is 12.6 Å². The number of piperidine rings is 1. The van der Waals surface area contributed by atoms with Crippen LogP contribution in [0.5, 0.6) is 0 Å². The Balaban J connectivity index is 1.70. The van der Waals surface area contributed by atoms with Crippen LogP contribution in [0.15, 0.2) is 24.8 Å². The fourth-order valence-electron chi connectivity index (χ4n) is 5.42. The molecule has 2 saturated heterocycles. The van der Waals surface area contributed by atoms with Crippen LogP contribution in [0.1, 0.15) is 57.8 Å². The van der Waals surface area contributed by atoms with Gasteiger partial charge in [-0.2, -0.15) is 0 Å². The van der Waals surface area contributed by atoms with Crippen molar-refractivity contribution in [3.8, 4) is 0 Å². The lowest BCUT2D eigenvalue weighted by Gasteiger charge is -2.51. The van der Waals surface area contributed by atoms with E-state index in [0.717, 1.165) is 30.3 Å². The van der Waals surface area contributed by atoms with E-state index in [-0.39, 0.29) is 0 Å². The van der Waals surface area contributed by atoms with Crippen molar-refractivity contribution in [2.24, 2.45) is 11.8 Å². The Morgan fingerprint density at radius 2 is 1.95 bits per heavy atom. The predicted octanol–water partition coefficient (Wildman–Crippen LogP) is 3.91. The van der Waals surface area contributed by atoms with Gasteiger partial charge in [0.15, 0.2) is 0 Å². The molecule has 21 heavy (non-hydrogen) atoms. The lowest BCUT2D eigenvalue weighted by Crippen LogP contribution is -2.54. The molecule has 0 aromatic rings. The summed E-state index contributed by atoms with van der Waals surface area (Å²) in [7, 11) is 0. The molecule has 3 rings (SSSR count). The highest BCUT2D eigenvalue weighted by atomic mass is 16.3. The molecule has 2 aliphatic heterocycles. The smallest absolute Gasteiger partial charge is 0.0445 e. The van der Waals surface area contributed by atoms with Crippen molar-refractivity contribution in [2.45, 2.75) is 75.9 Å². The largest absolute Gasteiger partial charge is 0.396 e. The first-order valence-electron chi connectivity index (χ1n) is 9.01. The minimum atomic E-state index is 0.358. The molecule has 3 fully saturated rings. The predicted molar refractivity (Wildman–Crippen MR) is 88.2 cm³/mol. The molecule has 0 amide bonds. The molecular weight excluding hydrogens is 258 g/mol. The van der Waals surface area contributed by atoms with E-state index in [1.165, 1.54) is 51.4 Å². The molecule has 118 valence electrons. The molecule has 0 spiro atoms. The molecule has 0 aromatic carbocycles. The molecular formula is C19H31NO. The van der Waals surface area contributed by atoms with Crippen LogP contribution in [0.3, 0.4) is 0 Å². The maximum Gasteiger partial charge on any atom is 0.0445 e. The van der Waals surface area contributed by atoms with Crippen molar-refractivity contribution < 1.29 is 5.11 Å². The summed E-state index contributed by atoms with van der Waals surface area (Å²) < 4.78 is 0. The molecule has 3 aliphatic rings. The summed E-state index contributed by atoms with van der Waals surface area (Å²) in [5, 5.41) is 9.36. The first-order valence-corrected chi connectivity index (χ1v) is 9.01. The van der Waals surface area contributed by atoms with Gasteiger partial charge in [-0.15, -0.1) is 0 Å². The van der Waals surface area contributed by atoms with E-state index in [2.05, 4.69) is 23.6 Å². The van der Waals surface area contributed by atoms with Crippen LogP contribution in [0.25, 0.3) is 0 Å². The topological polar surface area (TPSA) is 23.5 Å². The van der Waals surface area contributed by atoms with Gasteiger partial charge >= 0.3 is 0 Å². The maximum atomic E-state index is 9.36. The van der Waals surface area contributed by atoms with Crippen LogP contribution in [0.2, 0.25) is 0 Å².